The number of carbonyl (C=O) groups is 1. The number of Topliss-reactive ketones (excluding diaryl/α,β-unsaturated/α-hetero) is 1. The zero-order valence-electron chi connectivity index (χ0n) is 20.0. The van der Waals surface area contributed by atoms with Gasteiger partial charge >= 0.3 is 0 Å². The van der Waals surface area contributed by atoms with Crippen LogP contribution in [0.4, 0.5) is 17.3 Å². The van der Waals surface area contributed by atoms with Crippen LogP contribution in [0.25, 0.3) is 11.0 Å². The van der Waals surface area contributed by atoms with Gasteiger partial charge in [-0.1, -0.05) is 12.8 Å². The first kappa shape index (κ1) is 22.5. The summed E-state index contributed by atoms with van der Waals surface area (Å²) in [4.78, 5) is 36.8. The van der Waals surface area contributed by atoms with Gasteiger partial charge in [0.25, 0.3) is 5.56 Å². The summed E-state index contributed by atoms with van der Waals surface area (Å²) in [6.45, 7) is 7.81. The fourth-order valence-electron chi connectivity index (χ4n) is 5.36. The lowest BCUT2D eigenvalue weighted by Crippen LogP contribution is -2.54. The number of fused-ring (bicyclic) bond motifs is 1. The van der Waals surface area contributed by atoms with E-state index in [0.717, 1.165) is 44.5 Å². The van der Waals surface area contributed by atoms with Gasteiger partial charge in [0.2, 0.25) is 5.95 Å². The SMILES string of the molecule is CC(=O)c1cc2cnc(Nc3ccc(N4CC(C)NC(C)C4)cc3)nc2n(C2CCCC2)c1=O. The molecule has 0 spiro atoms. The summed E-state index contributed by atoms with van der Waals surface area (Å²) in [5.74, 6) is 0.209. The lowest BCUT2D eigenvalue weighted by atomic mass is 10.1. The third-order valence-corrected chi connectivity index (χ3v) is 6.89. The van der Waals surface area contributed by atoms with Crippen molar-refractivity contribution in [2.45, 2.75) is 64.6 Å². The van der Waals surface area contributed by atoms with Gasteiger partial charge in [-0.3, -0.25) is 14.2 Å². The summed E-state index contributed by atoms with van der Waals surface area (Å²) in [7, 11) is 0. The maximum atomic E-state index is 13.2. The summed E-state index contributed by atoms with van der Waals surface area (Å²) in [6.07, 6.45) is 5.70. The molecule has 2 atom stereocenters. The maximum Gasteiger partial charge on any atom is 0.263 e. The second-order valence-electron chi connectivity index (χ2n) is 9.75. The van der Waals surface area contributed by atoms with E-state index in [9.17, 15) is 9.59 Å². The second-order valence-corrected chi connectivity index (χ2v) is 9.75. The number of rotatable bonds is 5. The molecule has 8 nitrogen and oxygen atoms in total. The van der Waals surface area contributed by atoms with Crippen molar-refractivity contribution in [3.63, 3.8) is 0 Å². The largest absolute Gasteiger partial charge is 0.368 e. The van der Waals surface area contributed by atoms with Crippen LogP contribution in [0.2, 0.25) is 0 Å². The molecule has 2 unspecified atom stereocenters. The number of hydrogen-bond donors (Lipinski definition) is 2. The van der Waals surface area contributed by atoms with Gasteiger partial charge in [-0.05, 0) is 63.9 Å². The normalized spacial score (nSPS) is 21.2. The van der Waals surface area contributed by atoms with E-state index in [1.807, 2.05) is 12.1 Å². The van der Waals surface area contributed by atoms with Crippen LogP contribution in [0.1, 0.15) is 62.9 Å². The second kappa shape index (κ2) is 9.18. The standard InChI is InChI=1S/C26H32N6O2/c1-16-14-31(15-17(2)28-16)21-10-8-20(9-11-21)29-26-27-13-19-12-23(18(3)33)25(34)32(24(19)30-26)22-6-4-5-7-22/h8-13,16-17,22,28H,4-7,14-15H2,1-3H3,(H,27,29,30). The van der Waals surface area contributed by atoms with E-state index < -0.39 is 0 Å². The number of piperazine rings is 1. The van der Waals surface area contributed by atoms with Crippen LogP contribution >= 0.6 is 0 Å². The fourth-order valence-corrected chi connectivity index (χ4v) is 5.36. The van der Waals surface area contributed by atoms with Gasteiger partial charge < -0.3 is 15.5 Å². The Labute approximate surface area is 199 Å². The molecule has 5 rings (SSSR count). The van der Waals surface area contributed by atoms with E-state index >= 15 is 0 Å². The number of nitrogens with one attached hydrogen (secondary N) is 2. The van der Waals surface area contributed by atoms with E-state index in [4.69, 9.17) is 4.98 Å². The van der Waals surface area contributed by atoms with Crippen LogP contribution in [0.3, 0.4) is 0 Å². The highest BCUT2D eigenvalue weighted by Gasteiger charge is 2.24. The Morgan fingerprint density at radius 1 is 1.09 bits per heavy atom. The van der Waals surface area contributed by atoms with Gasteiger partial charge in [0.15, 0.2) is 5.78 Å². The first-order valence-electron chi connectivity index (χ1n) is 12.2. The average Bonchev–Trinajstić information content (AvgIpc) is 3.33. The zero-order valence-corrected chi connectivity index (χ0v) is 20.0. The maximum absolute atomic E-state index is 13.2. The molecular formula is C26H32N6O2. The van der Waals surface area contributed by atoms with Gasteiger partial charge in [0, 0.05) is 54.2 Å². The fraction of sp³-hybridized carbons (Fsp3) is 0.462. The molecule has 1 saturated heterocycles. The molecule has 1 aliphatic carbocycles. The van der Waals surface area contributed by atoms with E-state index in [-0.39, 0.29) is 22.9 Å². The number of carbonyl (C=O) groups excluding carboxylic acids is 1. The van der Waals surface area contributed by atoms with E-state index in [0.29, 0.717) is 29.1 Å². The van der Waals surface area contributed by atoms with E-state index in [2.05, 4.69) is 46.5 Å². The van der Waals surface area contributed by atoms with Crippen LogP contribution in [-0.2, 0) is 0 Å². The number of anilines is 3. The summed E-state index contributed by atoms with van der Waals surface area (Å²) < 4.78 is 1.72. The van der Waals surface area contributed by atoms with Crippen LogP contribution in [0, 0.1) is 0 Å². The summed E-state index contributed by atoms with van der Waals surface area (Å²) >= 11 is 0. The molecule has 0 amide bonds. The number of nitrogens with zero attached hydrogens (tertiary/aromatic N) is 4. The molecule has 2 fully saturated rings. The van der Waals surface area contributed by atoms with Gasteiger partial charge in [0.1, 0.15) is 5.65 Å². The highest BCUT2D eigenvalue weighted by Crippen LogP contribution is 2.31. The van der Waals surface area contributed by atoms with Gasteiger partial charge in [-0.15, -0.1) is 0 Å². The monoisotopic (exact) mass is 460 g/mol. The van der Waals surface area contributed by atoms with Crippen molar-refractivity contribution in [3.8, 4) is 0 Å². The molecule has 8 heteroatoms. The Morgan fingerprint density at radius 3 is 2.41 bits per heavy atom. The van der Waals surface area contributed by atoms with Crippen molar-refractivity contribution in [2.24, 2.45) is 0 Å². The van der Waals surface area contributed by atoms with Crippen molar-refractivity contribution in [3.05, 3.63) is 52.4 Å². The number of aromatic nitrogens is 3. The first-order chi connectivity index (χ1) is 16.4. The van der Waals surface area contributed by atoms with Gasteiger partial charge in [0.05, 0.1) is 5.56 Å². The minimum atomic E-state index is -0.250. The van der Waals surface area contributed by atoms with Crippen molar-refractivity contribution >= 4 is 34.1 Å². The molecular weight excluding hydrogens is 428 g/mol. The van der Waals surface area contributed by atoms with Gasteiger partial charge in [-0.2, -0.15) is 4.98 Å². The van der Waals surface area contributed by atoms with Crippen LogP contribution in [-0.4, -0.2) is 45.5 Å². The minimum Gasteiger partial charge on any atom is -0.368 e. The molecule has 3 aromatic rings. The number of pyridine rings is 1. The molecule has 2 N–H and O–H groups in total. The number of benzene rings is 1. The van der Waals surface area contributed by atoms with Crippen LogP contribution in [0.15, 0.2) is 41.3 Å². The average molecular weight is 461 g/mol. The van der Waals surface area contributed by atoms with Crippen LogP contribution < -0.4 is 21.1 Å². The molecule has 1 saturated carbocycles. The molecule has 2 aliphatic rings. The van der Waals surface area contributed by atoms with Crippen molar-refractivity contribution in [1.29, 1.82) is 0 Å². The molecule has 178 valence electrons. The summed E-state index contributed by atoms with van der Waals surface area (Å²) in [6, 6.07) is 10.9. The number of ketones is 1. The topological polar surface area (TPSA) is 92.2 Å². The minimum absolute atomic E-state index is 0.0696. The molecule has 2 aromatic heterocycles. The number of hydrogen-bond acceptors (Lipinski definition) is 7. The first-order valence-corrected chi connectivity index (χ1v) is 12.2. The summed E-state index contributed by atoms with van der Waals surface area (Å²) in [5.41, 5.74) is 2.61. The quantitative estimate of drug-likeness (QED) is 0.555. The predicted molar refractivity (Wildman–Crippen MR) is 135 cm³/mol. The third-order valence-electron chi connectivity index (χ3n) is 6.89. The lowest BCUT2D eigenvalue weighted by Gasteiger charge is -2.37. The van der Waals surface area contributed by atoms with E-state index in [1.165, 1.54) is 12.6 Å². The Hall–Kier alpha value is -3.26. The Kier molecular flexibility index (Phi) is 6.08. The van der Waals surface area contributed by atoms with E-state index in [1.54, 1.807) is 16.8 Å². The van der Waals surface area contributed by atoms with Crippen molar-refractivity contribution in [1.82, 2.24) is 19.9 Å². The van der Waals surface area contributed by atoms with Crippen molar-refractivity contribution < 1.29 is 4.79 Å². The highest BCUT2D eigenvalue weighted by atomic mass is 16.1. The lowest BCUT2D eigenvalue weighted by molar-refractivity contribution is 0.101. The Bertz CT molecular complexity index is 1250. The molecule has 34 heavy (non-hydrogen) atoms. The Morgan fingerprint density at radius 2 is 1.76 bits per heavy atom. The smallest absolute Gasteiger partial charge is 0.263 e. The Balaban J connectivity index is 1.44. The third kappa shape index (κ3) is 4.42. The summed E-state index contributed by atoms with van der Waals surface area (Å²) in [5, 5.41) is 7.55. The highest BCUT2D eigenvalue weighted by molar-refractivity contribution is 5.96. The van der Waals surface area contributed by atoms with Crippen LogP contribution in [0.5, 0.6) is 0 Å². The molecule has 1 aromatic carbocycles. The molecule has 1 aliphatic heterocycles. The van der Waals surface area contributed by atoms with Gasteiger partial charge in [-0.25, -0.2) is 4.98 Å². The molecule has 0 radical (unpaired) electrons. The molecule has 0 bridgehead atoms. The molecule has 3 heterocycles. The van der Waals surface area contributed by atoms with Crippen molar-refractivity contribution in [2.75, 3.05) is 23.3 Å². The zero-order chi connectivity index (χ0) is 23.8. The predicted octanol–water partition coefficient (Wildman–Crippen LogP) is 4.04.